The summed E-state index contributed by atoms with van der Waals surface area (Å²) in [4.78, 5) is 14.3. The molecule has 0 saturated carbocycles. The SMILES string of the molecule is O=C(CN1CC[C@@H](Nc2ccccc2)C1)NC1CCOCC1. The van der Waals surface area contributed by atoms with Gasteiger partial charge in [0, 0.05) is 44.1 Å². The highest BCUT2D eigenvalue weighted by molar-refractivity contribution is 5.78. The molecule has 0 unspecified atom stereocenters. The van der Waals surface area contributed by atoms with Gasteiger partial charge in [-0.25, -0.2) is 0 Å². The molecule has 0 bridgehead atoms. The van der Waals surface area contributed by atoms with E-state index in [9.17, 15) is 4.79 Å². The van der Waals surface area contributed by atoms with E-state index in [-0.39, 0.29) is 5.91 Å². The molecule has 1 aromatic carbocycles. The Kier molecular flexibility index (Phi) is 5.29. The van der Waals surface area contributed by atoms with E-state index >= 15 is 0 Å². The van der Waals surface area contributed by atoms with Crippen molar-refractivity contribution in [3.05, 3.63) is 30.3 Å². The summed E-state index contributed by atoms with van der Waals surface area (Å²) in [7, 11) is 0. The number of hydrogen-bond donors (Lipinski definition) is 2. The minimum Gasteiger partial charge on any atom is -0.381 e. The molecule has 0 spiro atoms. The van der Waals surface area contributed by atoms with Gasteiger partial charge in [0.15, 0.2) is 0 Å². The van der Waals surface area contributed by atoms with Crippen molar-refractivity contribution >= 4 is 11.6 Å². The zero-order valence-corrected chi connectivity index (χ0v) is 13.0. The lowest BCUT2D eigenvalue weighted by Crippen LogP contribution is -2.44. The number of hydrogen-bond acceptors (Lipinski definition) is 4. The van der Waals surface area contributed by atoms with Crippen LogP contribution in [0.5, 0.6) is 0 Å². The van der Waals surface area contributed by atoms with Crippen LogP contribution in [0.25, 0.3) is 0 Å². The molecule has 5 heteroatoms. The third kappa shape index (κ3) is 4.45. The quantitative estimate of drug-likeness (QED) is 0.865. The van der Waals surface area contributed by atoms with Crippen LogP contribution in [0.3, 0.4) is 0 Å². The van der Waals surface area contributed by atoms with E-state index in [1.807, 2.05) is 18.2 Å². The van der Waals surface area contributed by atoms with Gasteiger partial charge in [0.05, 0.1) is 6.54 Å². The van der Waals surface area contributed by atoms with Gasteiger partial charge in [-0.3, -0.25) is 9.69 Å². The van der Waals surface area contributed by atoms with Crippen LogP contribution in [0.1, 0.15) is 19.3 Å². The molecule has 3 rings (SSSR count). The lowest BCUT2D eigenvalue weighted by molar-refractivity contribution is -0.123. The van der Waals surface area contributed by atoms with Gasteiger partial charge >= 0.3 is 0 Å². The Labute approximate surface area is 132 Å². The lowest BCUT2D eigenvalue weighted by Gasteiger charge is -2.24. The minimum absolute atomic E-state index is 0.146. The van der Waals surface area contributed by atoms with Crippen molar-refractivity contribution in [2.24, 2.45) is 0 Å². The van der Waals surface area contributed by atoms with Crippen LogP contribution in [0.4, 0.5) is 5.69 Å². The number of nitrogens with zero attached hydrogens (tertiary/aromatic N) is 1. The topological polar surface area (TPSA) is 53.6 Å². The molecule has 1 atom stereocenters. The second-order valence-corrected chi connectivity index (χ2v) is 6.19. The van der Waals surface area contributed by atoms with Gasteiger partial charge in [0.2, 0.25) is 5.91 Å². The Morgan fingerprint density at radius 2 is 1.91 bits per heavy atom. The monoisotopic (exact) mass is 303 g/mol. The maximum atomic E-state index is 12.1. The fraction of sp³-hybridized carbons (Fsp3) is 0.588. The molecule has 5 nitrogen and oxygen atoms in total. The van der Waals surface area contributed by atoms with E-state index in [4.69, 9.17) is 4.74 Å². The third-order valence-electron chi connectivity index (χ3n) is 4.37. The number of rotatable bonds is 5. The van der Waals surface area contributed by atoms with Crippen LogP contribution in [-0.4, -0.2) is 55.7 Å². The first-order valence-electron chi connectivity index (χ1n) is 8.20. The van der Waals surface area contributed by atoms with Gasteiger partial charge in [-0.1, -0.05) is 18.2 Å². The number of para-hydroxylation sites is 1. The molecule has 1 amide bonds. The number of carbonyl (C=O) groups is 1. The molecule has 120 valence electrons. The number of ether oxygens (including phenoxy) is 1. The van der Waals surface area contributed by atoms with E-state index in [1.165, 1.54) is 0 Å². The molecule has 2 aliphatic rings. The largest absolute Gasteiger partial charge is 0.381 e. The molecule has 2 fully saturated rings. The molecule has 22 heavy (non-hydrogen) atoms. The lowest BCUT2D eigenvalue weighted by atomic mass is 10.1. The van der Waals surface area contributed by atoms with Gasteiger partial charge in [-0.15, -0.1) is 0 Å². The maximum Gasteiger partial charge on any atom is 0.234 e. The first-order chi connectivity index (χ1) is 10.8. The van der Waals surface area contributed by atoms with Crippen molar-refractivity contribution in [3.8, 4) is 0 Å². The van der Waals surface area contributed by atoms with E-state index in [1.54, 1.807) is 0 Å². The third-order valence-corrected chi connectivity index (χ3v) is 4.37. The van der Waals surface area contributed by atoms with Gasteiger partial charge in [-0.2, -0.15) is 0 Å². The second kappa shape index (κ2) is 7.61. The highest BCUT2D eigenvalue weighted by atomic mass is 16.5. The van der Waals surface area contributed by atoms with E-state index < -0.39 is 0 Å². The van der Waals surface area contributed by atoms with Crippen LogP contribution >= 0.6 is 0 Å². The number of anilines is 1. The average molecular weight is 303 g/mol. The van der Waals surface area contributed by atoms with Crippen LogP contribution in [-0.2, 0) is 9.53 Å². The predicted molar refractivity (Wildman–Crippen MR) is 86.9 cm³/mol. The molecule has 0 aromatic heterocycles. The van der Waals surface area contributed by atoms with E-state index in [2.05, 4.69) is 27.7 Å². The number of benzene rings is 1. The van der Waals surface area contributed by atoms with Gasteiger partial charge < -0.3 is 15.4 Å². The summed E-state index contributed by atoms with van der Waals surface area (Å²) < 4.78 is 5.32. The normalized spacial score (nSPS) is 23.4. The predicted octanol–water partition coefficient (Wildman–Crippen LogP) is 1.47. The zero-order chi connectivity index (χ0) is 15.2. The summed E-state index contributed by atoms with van der Waals surface area (Å²) in [6.07, 6.45) is 2.95. The molecular formula is C17H25N3O2. The van der Waals surface area contributed by atoms with Crippen molar-refractivity contribution in [2.45, 2.75) is 31.3 Å². The number of carbonyl (C=O) groups excluding carboxylic acids is 1. The molecule has 2 saturated heterocycles. The van der Waals surface area contributed by atoms with Crippen LogP contribution in [0.2, 0.25) is 0 Å². The van der Waals surface area contributed by atoms with Gasteiger partial charge in [-0.05, 0) is 31.4 Å². The maximum absolute atomic E-state index is 12.1. The summed E-state index contributed by atoms with van der Waals surface area (Å²) in [6.45, 7) is 3.93. The average Bonchev–Trinajstić information content (AvgIpc) is 2.96. The highest BCUT2D eigenvalue weighted by Crippen LogP contribution is 2.15. The summed E-state index contributed by atoms with van der Waals surface area (Å²) >= 11 is 0. The number of nitrogens with one attached hydrogen (secondary N) is 2. The van der Waals surface area contributed by atoms with E-state index in [0.717, 1.165) is 51.3 Å². The molecular weight excluding hydrogens is 278 g/mol. The smallest absolute Gasteiger partial charge is 0.234 e. The van der Waals surface area contributed by atoms with E-state index in [0.29, 0.717) is 18.6 Å². The minimum atomic E-state index is 0.146. The Bertz CT molecular complexity index is 474. The fourth-order valence-corrected chi connectivity index (χ4v) is 3.18. The second-order valence-electron chi connectivity index (χ2n) is 6.19. The van der Waals surface area contributed by atoms with Crippen molar-refractivity contribution in [3.63, 3.8) is 0 Å². The Hall–Kier alpha value is -1.59. The molecule has 0 radical (unpaired) electrons. The van der Waals surface area contributed by atoms with Crippen molar-refractivity contribution in [1.29, 1.82) is 0 Å². The van der Waals surface area contributed by atoms with Crippen LogP contribution in [0.15, 0.2) is 30.3 Å². The summed E-state index contributed by atoms with van der Waals surface area (Å²) in [5.41, 5.74) is 1.15. The van der Waals surface area contributed by atoms with Crippen molar-refractivity contribution < 1.29 is 9.53 Å². The fourth-order valence-electron chi connectivity index (χ4n) is 3.18. The Balaban J connectivity index is 1.39. The van der Waals surface area contributed by atoms with Crippen LogP contribution in [0, 0.1) is 0 Å². The highest BCUT2D eigenvalue weighted by Gasteiger charge is 2.25. The van der Waals surface area contributed by atoms with Gasteiger partial charge in [0.25, 0.3) is 0 Å². The van der Waals surface area contributed by atoms with Crippen molar-refractivity contribution in [1.82, 2.24) is 10.2 Å². The van der Waals surface area contributed by atoms with Gasteiger partial charge in [0.1, 0.15) is 0 Å². The summed E-state index contributed by atoms with van der Waals surface area (Å²) in [5, 5.41) is 6.66. The number of amides is 1. The molecule has 2 N–H and O–H groups in total. The number of likely N-dealkylation sites (tertiary alicyclic amines) is 1. The Morgan fingerprint density at radius 3 is 2.68 bits per heavy atom. The molecule has 1 aromatic rings. The van der Waals surface area contributed by atoms with Crippen molar-refractivity contribution in [2.75, 3.05) is 38.2 Å². The molecule has 2 heterocycles. The first kappa shape index (κ1) is 15.3. The Morgan fingerprint density at radius 1 is 1.14 bits per heavy atom. The van der Waals surface area contributed by atoms with Crippen LogP contribution < -0.4 is 10.6 Å². The molecule has 2 aliphatic heterocycles. The zero-order valence-electron chi connectivity index (χ0n) is 13.0. The molecule has 0 aliphatic carbocycles. The first-order valence-corrected chi connectivity index (χ1v) is 8.20. The standard InChI is InChI=1S/C17H25N3O2/c21-17(19-15-7-10-22-11-8-15)13-20-9-6-16(12-20)18-14-4-2-1-3-5-14/h1-5,15-16,18H,6-13H2,(H,19,21)/t16-/m1/s1. The summed E-state index contributed by atoms with van der Waals surface area (Å²) in [5.74, 6) is 0.146. The summed E-state index contributed by atoms with van der Waals surface area (Å²) in [6, 6.07) is 11.0.